The van der Waals surface area contributed by atoms with E-state index in [-0.39, 0.29) is 11.5 Å². The summed E-state index contributed by atoms with van der Waals surface area (Å²) in [5, 5.41) is 0. The molecular formula is C13H25NO3. The maximum Gasteiger partial charge on any atom is 0.307 e. The van der Waals surface area contributed by atoms with Crippen molar-refractivity contribution in [2.45, 2.75) is 52.2 Å². The number of carbonyl (C=O) groups excluding carboxylic acids is 1. The molecular weight excluding hydrogens is 218 g/mol. The maximum atomic E-state index is 11.6. The fourth-order valence-electron chi connectivity index (χ4n) is 1.92. The smallest absolute Gasteiger partial charge is 0.307 e. The molecule has 0 aromatic rings. The van der Waals surface area contributed by atoms with Crippen LogP contribution in [0.25, 0.3) is 0 Å². The van der Waals surface area contributed by atoms with Gasteiger partial charge in [-0.1, -0.05) is 0 Å². The zero-order valence-electron chi connectivity index (χ0n) is 11.7. The van der Waals surface area contributed by atoms with E-state index < -0.39 is 5.60 Å². The molecule has 100 valence electrons. The molecule has 0 aliphatic carbocycles. The summed E-state index contributed by atoms with van der Waals surface area (Å²) in [6.45, 7) is 13.1. The van der Waals surface area contributed by atoms with Crippen molar-refractivity contribution in [3.05, 3.63) is 0 Å². The van der Waals surface area contributed by atoms with Gasteiger partial charge in [0.25, 0.3) is 0 Å². The van der Waals surface area contributed by atoms with Gasteiger partial charge in [0.05, 0.1) is 19.6 Å². The second kappa shape index (κ2) is 5.36. The van der Waals surface area contributed by atoms with Gasteiger partial charge in [-0.05, 0) is 34.6 Å². The lowest BCUT2D eigenvalue weighted by Crippen LogP contribution is -2.53. The van der Waals surface area contributed by atoms with Crippen LogP contribution >= 0.6 is 0 Å². The maximum absolute atomic E-state index is 11.6. The lowest BCUT2D eigenvalue weighted by Gasteiger charge is -2.42. The summed E-state index contributed by atoms with van der Waals surface area (Å²) < 4.78 is 10.7. The van der Waals surface area contributed by atoms with E-state index in [9.17, 15) is 4.79 Å². The number of hydrogen-bond acceptors (Lipinski definition) is 4. The molecule has 0 amide bonds. The van der Waals surface area contributed by atoms with Crippen molar-refractivity contribution in [3.8, 4) is 0 Å². The number of hydrogen-bond donors (Lipinski definition) is 0. The van der Waals surface area contributed by atoms with Crippen LogP contribution in [0.3, 0.4) is 0 Å². The minimum atomic E-state index is -0.391. The molecule has 0 unspecified atom stereocenters. The average molecular weight is 243 g/mol. The van der Waals surface area contributed by atoms with Gasteiger partial charge in [-0.3, -0.25) is 9.69 Å². The first kappa shape index (κ1) is 14.5. The van der Waals surface area contributed by atoms with E-state index in [4.69, 9.17) is 9.47 Å². The van der Waals surface area contributed by atoms with Crippen LogP contribution in [0.15, 0.2) is 0 Å². The Kier molecular flexibility index (Phi) is 4.55. The van der Waals surface area contributed by atoms with Gasteiger partial charge in [-0.2, -0.15) is 0 Å². The first-order valence-electron chi connectivity index (χ1n) is 6.25. The van der Waals surface area contributed by atoms with Crippen LogP contribution in [-0.2, 0) is 14.3 Å². The molecule has 0 atom stereocenters. The van der Waals surface area contributed by atoms with Crippen LogP contribution in [-0.4, -0.2) is 48.3 Å². The van der Waals surface area contributed by atoms with E-state index in [0.29, 0.717) is 6.42 Å². The molecule has 1 fully saturated rings. The minimum Gasteiger partial charge on any atom is -0.460 e. The fraction of sp³-hybridized carbons (Fsp3) is 0.923. The van der Waals surface area contributed by atoms with Gasteiger partial charge in [-0.25, -0.2) is 0 Å². The highest BCUT2D eigenvalue weighted by Crippen LogP contribution is 2.19. The number of ether oxygens (including phenoxy) is 2. The van der Waals surface area contributed by atoms with Crippen LogP contribution in [0, 0.1) is 0 Å². The van der Waals surface area contributed by atoms with E-state index in [1.807, 2.05) is 20.8 Å². The zero-order valence-corrected chi connectivity index (χ0v) is 11.7. The topological polar surface area (TPSA) is 38.8 Å². The zero-order chi connectivity index (χ0) is 13.1. The van der Waals surface area contributed by atoms with E-state index >= 15 is 0 Å². The highest BCUT2D eigenvalue weighted by atomic mass is 16.6. The predicted octanol–water partition coefficient (Wildman–Crippen LogP) is 1.83. The van der Waals surface area contributed by atoms with Crippen molar-refractivity contribution in [2.24, 2.45) is 0 Å². The van der Waals surface area contributed by atoms with Gasteiger partial charge in [0.1, 0.15) is 5.60 Å². The molecule has 17 heavy (non-hydrogen) atoms. The Hall–Kier alpha value is -0.610. The number of carbonyl (C=O) groups is 1. The Balaban J connectivity index is 2.37. The molecule has 0 saturated carbocycles. The Labute approximate surface area is 104 Å². The van der Waals surface area contributed by atoms with Crippen molar-refractivity contribution in [1.82, 2.24) is 4.90 Å². The molecule has 1 heterocycles. The molecule has 4 heteroatoms. The van der Waals surface area contributed by atoms with Gasteiger partial charge in [0, 0.05) is 18.6 Å². The third-order valence-electron chi connectivity index (χ3n) is 2.82. The largest absolute Gasteiger partial charge is 0.460 e. The van der Waals surface area contributed by atoms with Gasteiger partial charge in [0.15, 0.2) is 0 Å². The number of nitrogens with zero attached hydrogens (tertiary/aromatic N) is 1. The Morgan fingerprint density at radius 1 is 1.41 bits per heavy atom. The summed E-state index contributed by atoms with van der Waals surface area (Å²) >= 11 is 0. The third-order valence-corrected chi connectivity index (χ3v) is 2.82. The molecule has 0 bridgehead atoms. The molecule has 0 radical (unpaired) electrons. The summed E-state index contributed by atoms with van der Waals surface area (Å²) in [5.41, 5.74) is -0.377. The molecule has 1 aliphatic rings. The first-order valence-corrected chi connectivity index (χ1v) is 6.25. The van der Waals surface area contributed by atoms with Crippen molar-refractivity contribution in [2.75, 3.05) is 26.3 Å². The van der Waals surface area contributed by atoms with Crippen LogP contribution in [0.4, 0.5) is 0 Å². The van der Waals surface area contributed by atoms with E-state index in [1.165, 1.54) is 0 Å². The summed E-state index contributed by atoms with van der Waals surface area (Å²) in [6, 6.07) is 0. The van der Waals surface area contributed by atoms with Crippen LogP contribution < -0.4 is 0 Å². The second-order valence-electron chi connectivity index (χ2n) is 6.19. The van der Waals surface area contributed by atoms with Gasteiger partial charge in [0.2, 0.25) is 0 Å². The number of esters is 1. The summed E-state index contributed by atoms with van der Waals surface area (Å²) in [4.78, 5) is 13.9. The monoisotopic (exact) mass is 243 g/mol. The van der Waals surface area contributed by atoms with Crippen LogP contribution in [0.5, 0.6) is 0 Å². The molecule has 1 rings (SSSR count). The summed E-state index contributed by atoms with van der Waals surface area (Å²) in [6.07, 6.45) is 0.445. The molecule has 0 spiro atoms. The SMILES string of the molecule is CC(C)(C)OC(=O)CCN1CCOCC1(C)C. The highest BCUT2D eigenvalue weighted by molar-refractivity contribution is 5.70. The lowest BCUT2D eigenvalue weighted by atomic mass is 10.0. The number of morpholine rings is 1. The summed E-state index contributed by atoms with van der Waals surface area (Å²) in [7, 11) is 0. The normalized spacial score (nSPS) is 21.2. The van der Waals surface area contributed by atoms with Crippen LogP contribution in [0.1, 0.15) is 41.0 Å². The van der Waals surface area contributed by atoms with E-state index in [0.717, 1.165) is 26.3 Å². The van der Waals surface area contributed by atoms with Gasteiger partial charge < -0.3 is 9.47 Å². The Morgan fingerprint density at radius 3 is 2.59 bits per heavy atom. The average Bonchev–Trinajstić information content (AvgIpc) is 2.12. The highest BCUT2D eigenvalue weighted by Gasteiger charge is 2.30. The van der Waals surface area contributed by atoms with E-state index in [1.54, 1.807) is 0 Å². The summed E-state index contributed by atoms with van der Waals surface area (Å²) in [5.74, 6) is -0.125. The molecule has 0 aromatic heterocycles. The van der Waals surface area contributed by atoms with Crippen molar-refractivity contribution in [3.63, 3.8) is 0 Å². The predicted molar refractivity (Wildman–Crippen MR) is 66.9 cm³/mol. The van der Waals surface area contributed by atoms with E-state index in [2.05, 4.69) is 18.7 Å². The quantitative estimate of drug-likeness (QED) is 0.709. The van der Waals surface area contributed by atoms with Crippen LogP contribution in [0.2, 0.25) is 0 Å². The molecule has 0 aromatic carbocycles. The lowest BCUT2D eigenvalue weighted by molar-refractivity contribution is -0.156. The Bertz CT molecular complexity index is 268. The standard InChI is InChI=1S/C13H25NO3/c1-12(2,3)17-11(15)6-7-14-8-9-16-10-13(14,4)5/h6-10H2,1-5H3. The van der Waals surface area contributed by atoms with Crippen molar-refractivity contribution < 1.29 is 14.3 Å². The second-order valence-corrected chi connectivity index (χ2v) is 6.19. The molecule has 1 aliphatic heterocycles. The van der Waals surface area contributed by atoms with Crippen molar-refractivity contribution in [1.29, 1.82) is 0 Å². The first-order chi connectivity index (χ1) is 7.71. The number of rotatable bonds is 3. The fourth-order valence-corrected chi connectivity index (χ4v) is 1.92. The molecule has 1 saturated heterocycles. The van der Waals surface area contributed by atoms with Gasteiger partial charge in [-0.15, -0.1) is 0 Å². The Morgan fingerprint density at radius 2 is 2.06 bits per heavy atom. The van der Waals surface area contributed by atoms with Gasteiger partial charge >= 0.3 is 5.97 Å². The molecule has 0 N–H and O–H groups in total. The van der Waals surface area contributed by atoms with Crippen molar-refractivity contribution >= 4 is 5.97 Å². The minimum absolute atomic E-state index is 0.0141. The molecule has 4 nitrogen and oxygen atoms in total. The third kappa shape index (κ3) is 5.04.